The van der Waals surface area contributed by atoms with Crippen LogP contribution in [0, 0.1) is 0 Å². The van der Waals surface area contributed by atoms with Crippen molar-refractivity contribution in [3.8, 4) is 5.75 Å². The Morgan fingerprint density at radius 1 is 1.00 bits per heavy atom. The van der Waals surface area contributed by atoms with Crippen LogP contribution in [0.2, 0.25) is 5.02 Å². The van der Waals surface area contributed by atoms with Crippen molar-refractivity contribution in [3.05, 3.63) is 64.7 Å². The van der Waals surface area contributed by atoms with Crippen molar-refractivity contribution in [1.82, 2.24) is 9.80 Å². The molecule has 33 heavy (non-hydrogen) atoms. The van der Waals surface area contributed by atoms with E-state index in [2.05, 4.69) is 6.92 Å². The summed E-state index contributed by atoms with van der Waals surface area (Å²) in [7, 11) is 0. The van der Waals surface area contributed by atoms with Crippen LogP contribution in [0.25, 0.3) is 0 Å². The SMILES string of the molecule is CCCCOc1ccc(C2C(=O)N(C3CCCCC3)CC(=O)N2Cc2ccccc2Cl)cc1. The van der Waals surface area contributed by atoms with E-state index in [-0.39, 0.29) is 24.4 Å². The van der Waals surface area contributed by atoms with E-state index in [0.717, 1.165) is 55.4 Å². The van der Waals surface area contributed by atoms with Crippen LogP contribution in [0.1, 0.15) is 69.0 Å². The number of piperazine rings is 1. The molecule has 1 atom stereocenters. The van der Waals surface area contributed by atoms with Crippen LogP contribution < -0.4 is 4.74 Å². The molecule has 1 saturated carbocycles. The molecule has 2 aliphatic rings. The molecule has 2 amide bonds. The molecular formula is C27H33ClN2O3. The van der Waals surface area contributed by atoms with E-state index >= 15 is 0 Å². The first-order valence-corrected chi connectivity index (χ1v) is 12.5. The summed E-state index contributed by atoms with van der Waals surface area (Å²) in [4.78, 5) is 30.7. The smallest absolute Gasteiger partial charge is 0.250 e. The second-order valence-corrected chi connectivity index (χ2v) is 9.45. The van der Waals surface area contributed by atoms with Gasteiger partial charge in [-0.05, 0) is 48.6 Å². The van der Waals surface area contributed by atoms with E-state index in [4.69, 9.17) is 16.3 Å². The zero-order valence-electron chi connectivity index (χ0n) is 19.3. The zero-order valence-corrected chi connectivity index (χ0v) is 20.1. The predicted molar refractivity (Wildman–Crippen MR) is 130 cm³/mol. The molecule has 2 aromatic carbocycles. The molecule has 1 unspecified atom stereocenters. The molecule has 0 N–H and O–H groups in total. The van der Waals surface area contributed by atoms with Gasteiger partial charge in [-0.3, -0.25) is 9.59 Å². The highest BCUT2D eigenvalue weighted by molar-refractivity contribution is 6.31. The van der Waals surface area contributed by atoms with Gasteiger partial charge in [0.05, 0.1) is 6.61 Å². The van der Waals surface area contributed by atoms with E-state index in [0.29, 0.717) is 18.2 Å². The van der Waals surface area contributed by atoms with Crippen molar-refractivity contribution in [3.63, 3.8) is 0 Å². The molecular weight excluding hydrogens is 436 g/mol. The fraction of sp³-hybridized carbons (Fsp3) is 0.481. The fourth-order valence-corrected chi connectivity index (χ4v) is 5.04. The number of hydrogen-bond acceptors (Lipinski definition) is 3. The predicted octanol–water partition coefficient (Wildman–Crippen LogP) is 5.76. The standard InChI is InChI=1S/C27H33ClN2O3/c1-2-3-17-33-23-15-13-20(14-16-23)26-27(32)29(22-10-5-4-6-11-22)19-25(31)30(26)18-21-9-7-8-12-24(21)28/h7-9,12-16,22,26H,2-6,10-11,17-19H2,1H3. The number of ether oxygens (including phenoxy) is 1. The van der Waals surface area contributed by atoms with Crippen LogP contribution in [-0.2, 0) is 16.1 Å². The molecule has 1 saturated heterocycles. The number of amides is 2. The lowest BCUT2D eigenvalue weighted by Crippen LogP contribution is -2.58. The number of halogens is 1. The third-order valence-corrected chi connectivity index (χ3v) is 7.10. The number of carbonyl (C=O) groups excluding carboxylic acids is 2. The summed E-state index contributed by atoms with van der Waals surface area (Å²) in [6.07, 6.45) is 7.44. The largest absolute Gasteiger partial charge is 0.494 e. The summed E-state index contributed by atoms with van der Waals surface area (Å²) in [6.45, 7) is 3.25. The van der Waals surface area contributed by atoms with E-state index < -0.39 is 6.04 Å². The molecule has 0 spiro atoms. The lowest BCUT2D eigenvalue weighted by Gasteiger charge is -2.44. The quantitative estimate of drug-likeness (QED) is 0.462. The maximum Gasteiger partial charge on any atom is 0.250 e. The molecule has 4 rings (SSSR count). The first kappa shape index (κ1) is 23.6. The number of benzene rings is 2. The van der Waals surface area contributed by atoms with Gasteiger partial charge in [-0.25, -0.2) is 0 Å². The van der Waals surface area contributed by atoms with Gasteiger partial charge in [0, 0.05) is 17.6 Å². The molecule has 176 valence electrons. The minimum Gasteiger partial charge on any atom is -0.494 e. The molecule has 0 radical (unpaired) electrons. The van der Waals surface area contributed by atoms with Crippen molar-refractivity contribution < 1.29 is 14.3 Å². The minimum atomic E-state index is -0.658. The summed E-state index contributed by atoms with van der Waals surface area (Å²) in [5.41, 5.74) is 1.65. The molecule has 0 bridgehead atoms. The van der Waals surface area contributed by atoms with Gasteiger partial charge in [-0.1, -0.05) is 74.5 Å². The van der Waals surface area contributed by atoms with Crippen LogP contribution in [-0.4, -0.2) is 40.8 Å². The number of rotatable bonds is 8. The molecule has 2 fully saturated rings. The Morgan fingerprint density at radius 2 is 1.73 bits per heavy atom. The van der Waals surface area contributed by atoms with Gasteiger partial charge in [0.1, 0.15) is 18.3 Å². The molecule has 0 aromatic heterocycles. The lowest BCUT2D eigenvalue weighted by atomic mass is 9.91. The van der Waals surface area contributed by atoms with Gasteiger partial charge >= 0.3 is 0 Å². The van der Waals surface area contributed by atoms with Crippen molar-refractivity contribution in [2.75, 3.05) is 13.2 Å². The second-order valence-electron chi connectivity index (χ2n) is 9.04. The Morgan fingerprint density at radius 3 is 2.42 bits per heavy atom. The first-order chi connectivity index (χ1) is 16.1. The van der Waals surface area contributed by atoms with E-state index in [1.165, 1.54) is 6.42 Å². The molecule has 6 heteroatoms. The maximum atomic E-state index is 13.8. The van der Waals surface area contributed by atoms with Gasteiger partial charge < -0.3 is 14.5 Å². The molecule has 2 aromatic rings. The van der Waals surface area contributed by atoms with Crippen LogP contribution in [0.15, 0.2) is 48.5 Å². The molecule has 1 heterocycles. The Labute approximate surface area is 201 Å². The van der Waals surface area contributed by atoms with Crippen molar-refractivity contribution >= 4 is 23.4 Å². The number of carbonyl (C=O) groups is 2. The Kier molecular flexibility index (Phi) is 7.92. The molecule has 1 aliphatic heterocycles. The Balaban J connectivity index is 1.62. The summed E-state index contributed by atoms with van der Waals surface area (Å²) >= 11 is 6.40. The third-order valence-electron chi connectivity index (χ3n) is 6.73. The summed E-state index contributed by atoms with van der Waals surface area (Å²) in [5.74, 6) is 0.755. The normalized spacial score (nSPS) is 19.8. The highest BCUT2D eigenvalue weighted by Crippen LogP contribution is 2.34. The number of nitrogens with zero attached hydrogens (tertiary/aromatic N) is 2. The Bertz CT molecular complexity index is 956. The van der Waals surface area contributed by atoms with Crippen LogP contribution >= 0.6 is 11.6 Å². The van der Waals surface area contributed by atoms with Gasteiger partial charge in [0.25, 0.3) is 5.91 Å². The van der Waals surface area contributed by atoms with Crippen LogP contribution in [0.5, 0.6) is 5.75 Å². The summed E-state index contributed by atoms with van der Waals surface area (Å²) in [6, 6.07) is 14.6. The van der Waals surface area contributed by atoms with Crippen molar-refractivity contribution in [2.45, 2.75) is 70.5 Å². The van der Waals surface area contributed by atoms with Gasteiger partial charge in [-0.2, -0.15) is 0 Å². The van der Waals surface area contributed by atoms with E-state index in [9.17, 15) is 9.59 Å². The summed E-state index contributed by atoms with van der Waals surface area (Å²) in [5, 5.41) is 0.603. The van der Waals surface area contributed by atoms with Crippen LogP contribution in [0.3, 0.4) is 0 Å². The average Bonchev–Trinajstić information content (AvgIpc) is 2.84. The topological polar surface area (TPSA) is 49.9 Å². The van der Waals surface area contributed by atoms with Gasteiger partial charge in [0.15, 0.2) is 0 Å². The number of unbranched alkanes of at least 4 members (excludes halogenated alkanes) is 1. The number of hydrogen-bond donors (Lipinski definition) is 0. The monoisotopic (exact) mass is 468 g/mol. The maximum absolute atomic E-state index is 13.8. The fourth-order valence-electron chi connectivity index (χ4n) is 4.84. The third kappa shape index (κ3) is 5.52. The van der Waals surface area contributed by atoms with E-state index in [1.807, 2.05) is 53.4 Å². The molecule has 5 nitrogen and oxygen atoms in total. The first-order valence-electron chi connectivity index (χ1n) is 12.1. The van der Waals surface area contributed by atoms with Gasteiger partial charge in [0.2, 0.25) is 5.91 Å². The second kappa shape index (κ2) is 11.1. The highest BCUT2D eigenvalue weighted by atomic mass is 35.5. The molecule has 1 aliphatic carbocycles. The highest BCUT2D eigenvalue weighted by Gasteiger charge is 2.43. The zero-order chi connectivity index (χ0) is 23.2. The van der Waals surface area contributed by atoms with Crippen LogP contribution in [0.4, 0.5) is 0 Å². The Hall–Kier alpha value is -2.53. The average molecular weight is 469 g/mol. The lowest BCUT2D eigenvalue weighted by molar-refractivity contribution is -0.160. The van der Waals surface area contributed by atoms with Crippen molar-refractivity contribution in [2.24, 2.45) is 0 Å². The van der Waals surface area contributed by atoms with Gasteiger partial charge in [-0.15, -0.1) is 0 Å². The van der Waals surface area contributed by atoms with E-state index in [1.54, 1.807) is 4.90 Å². The summed E-state index contributed by atoms with van der Waals surface area (Å²) < 4.78 is 5.80. The minimum absolute atomic E-state index is 0.00760. The van der Waals surface area contributed by atoms with Crippen molar-refractivity contribution in [1.29, 1.82) is 0 Å².